The van der Waals surface area contributed by atoms with Gasteiger partial charge in [-0.15, -0.1) is 0 Å². The number of amidine groups is 1. The zero-order valence-corrected chi connectivity index (χ0v) is 18.7. The summed E-state index contributed by atoms with van der Waals surface area (Å²) in [6.45, 7) is 1.39. The van der Waals surface area contributed by atoms with Gasteiger partial charge in [0.15, 0.2) is 0 Å². The normalized spacial score (nSPS) is 17.8. The number of carboxylic acid groups (broad SMARTS) is 2. The highest BCUT2D eigenvalue weighted by Gasteiger charge is 2.47. The monoisotopic (exact) mass is 496 g/mol. The van der Waals surface area contributed by atoms with E-state index in [0.717, 1.165) is 18.6 Å². The molecule has 180 valence electrons. The number of aliphatic imine (C=N–C) groups is 2. The molecule has 1 heterocycles. The van der Waals surface area contributed by atoms with E-state index in [4.69, 9.17) is 21.4 Å². The van der Waals surface area contributed by atoms with Gasteiger partial charge in [-0.1, -0.05) is 42.8 Å². The SMILES string of the molecule is CCCC1=NC(Cc2ccc(OCc3cccc(C(=O)O)c3C(F)(F)F)cc2)(C(=O)O)C(Cl)=N1. The van der Waals surface area contributed by atoms with Crippen LogP contribution in [0.3, 0.4) is 0 Å². The molecule has 0 aliphatic carbocycles. The number of aromatic carboxylic acids is 1. The van der Waals surface area contributed by atoms with E-state index in [1.165, 1.54) is 18.2 Å². The summed E-state index contributed by atoms with van der Waals surface area (Å²) in [6.07, 6.45) is -3.74. The second-order valence-electron chi connectivity index (χ2n) is 7.60. The molecule has 2 aromatic carbocycles. The Labute approximate surface area is 197 Å². The van der Waals surface area contributed by atoms with E-state index < -0.39 is 41.4 Å². The molecule has 0 aromatic heterocycles. The van der Waals surface area contributed by atoms with E-state index in [0.29, 0.717) is 17.8 Å². The average molecular weight is 497 g/mol. The van der Waals surface area contributed by atoms with E-state index in [2.05, 4.69) is 9.98 Å². The van der Waals surface area contributed by atoms with Crippen LogP contribution < -0.4 is 4.74 Å². The van der Waals surface area contributed by atoms with Crippen LogP contribution in [0.5, 0.6) is 5.75 Å². The summed E-state index contributed by atoms with van der Waals surface area (Å²) in [7, 11) is 0. The Balaban J connectivity index is 1.78. The van der Waals surface area contributed by atoms with Crippen LogP contribution in [0.15, 0.2) is 52.4 Å². The molecule has 1 unspecified atom stereocenters. The summed E-state index contributed by atoms with van der Waals surface area (Å²) in [5.41, 5.74) is -3.63. The van der Waals surface area contributed by atoms with E-state index in [9.17, 15) is 27.9 Å². The number of halogens is 4. The molecule has 0 saturated heterocycles. The zero-order valence-electron chi connectivity index (χ0n) is 17.9. The number of aliphatic carboxylic acids is 1. The van der Waals surface area contributed by atoms with E-state index in [-0.39, 0.29) is 22.9 Å². The van der Waals surface area contributed by atoms with Gasteiger partial charge in [-0.05, 0) is 30.2 Å². The summed E-state index contributed by atoms with van der Waals surface area (Å²) in [6, 6.07) is 9.28. The minimum absolute atomic E-state index is 0.0724. The fraction of sp³-hybridized carbons (Fsp3) is 0.304. The van der Waals surface area contributed by atoms with Crippen molar-refractivity contribution in [3.63, 3.8) is 0 Å². The third kappa shape index (κ3) is 5.22. The molecule has 0 radical (unpaired) electrons. The first-order valence-electron chi connectivity index (χ1n) is 10.2. The molecule has 0 amide bonds. The van der Waals surface area contributed by atoms with Crippen molar-refractivity contribution in [2.45, 2.75) is 44.5 Å². The molecule has 0 spiro atoms. The van der Waals surface area contributed by atoms with Crippen LogP contribution >= 0.6 is 11.6 Å². The first kappa shape index (κ1) is 25.2. The maximum Gasteiger partial charge on any atom is 0.417 e. The van der Waals surface area contributed by atoms with E-state index >= 15 is 0 Å². The fourth-order valence-electron chi connectivity index (χ4n) is 3.55. The number of ether oxygens (including phenoxy) is 1. The third-order valence-corrected chi connectivity index (χ3v) is 5.56. The topological polar surface area (TPSA) is 109 Å². The maximum atomic E-state index is 13.5. The molecule has 2 N–H and O–H groups in total. The number of carboxylic acids is 2. The lowest BCUT2D eigenvalue weighted by Crippen LogP contribution is -2.43. The Kier molecular flexibility index (Phi) is 7.30. The number of carbonyl (C=O) groups is 2. The molecule has 2 aromatic rings. The van der Waals surface area contributed by atoms with Gasteiger partial charge in [0.25, 0.3) is 0 Å². The highest BCUT2D eigenvalue weighted by molar-refractivity contribution is 6.71. The van der Waals surface area contributed by atoms with Crippen LogP contribution in [0, 0.1) is 0 Å². The summed E-state index contributed by atoms with van der Waals surface area (Å²) in [4.78, 5) is 31.5. The predicted molar refractivity (Wildman–Crippen MR) is 119 cm³/mol. The van der Waals surface area contributed by atoms with Crippen LogP contribution in [0.4, 0.5) is 13.2 Å². The molecule has 7 nitrogen and oxygen atoms in total. The molecule has 0 saturated carbocycles. The Morgan fingerprint density at radius 3 is 2.35 bits per heavy atom. The third-order valence-electron chi connectivity index (χ3n) is 5.16. The molecule has 11 heteroatoms. The van der Waals surface area contributed by atoms with Crippen molar-refractivity contribution in [1.82, 2.24) is 0 Å². The number of benzene rings is 2. The van der Waals surface area contributed by atoms with Crippen LogP contribution in [0.25, 0.3) is 0 Å². The Hall–Kier alpha value is -3.40. The summed E-state index contributed by atoms with van der Waals surface area (Å²) >= 11 is 6.14. The molecule has 1 atom stereocenters. The highest BCUT2D eigenvalue weighted by Crippen LogP contribution is 2.35. The van der Waals surface area contributed by atoms with Gasteiger partial charge in [-0.3, -0.25) is 0 Å². The van der Waals surface area contributed by atoms with E-state index in [1.807, 2.05) is 6.92 Å². The van der Waals surface area contributed by atoms with Crippen molar-refractivity contribution < 1.29 is 37.7 Å². The smallest absolute Gasteiger partial charge is 0.417 e. The standard InChI is InChI=1S/C23H20ClF3N2O5/c1-2-4-17-28-20(24)22(29-17,21(32)33)11-13-7-9-15(10-8-13)34-12-14-5-3-6-16(19(30)31)18(14)23(25,26)27/h3,5-10H,2,4,11-12H2,1H3,(H,30,31)(H,32,33). The van der Waals surface area contributed by atoms with Gasteiger partial charge in [0.2, 0.25) is 5.54 Å². The molecule has 0 fully saturated rings. The molecular formula is C23H20ClF3N2O5. The lowest BCUT2D eigenvalue weighted by Gasteiger charge is -2.20. The number of hydrogen-bond acceptors (Lipinski definition) is 5. The lowest BCUT2D eigenvalue weighted by atomic mass is 9.92. The van der Waals surface area contributed by atoms with E-state index in [1.54, 1.807) is 12.1 Å². The summed E-state index contributed by atoms with van der Waals surface area (Å²) < 4.78 is 45.8. The largest absolute Gasteiger partial charge is 0.489 e. The minimum Gasteiger partial charge on any atom is -0.489 e. The van der Waals surface area contributed by atoms with Gasteiger partial charge in [0.1, 0.15) is 23.4 Å². The Morgan fingerprint density at radius 2 is 1.79 bits per heavy atom. The van der Waals surface area contributed by atoms with Gasteiger partial charge in [-0.25, -0.2) is 19.6 Å². The van der Waals surface area contributed by atoms with Crippen molar-refractivity contribution in [3.05, 3.63) is 64.7 Å². The minimum atomic E-state index is -4.87. The molecule has 1 aliphatic heterocycles. The second-order valence-corrected chi connectivity index (χ2v) is 7.96. The zero-order chi connectivity index (χ0) is 25.1. The highest BCUT2D eigenvalue weighted by atomic mass is 35.5. The number of hydrogen-bond donors (Lipinski definition) is 2. The first-order chi connectivity index (χ1) is 16.0. The maximum absolute atomic E-state index is 13.5. The van der Waals surface area contributed by atoms with Gasteiger partial charge in [0.05, 0.1) is 11.1 Å². The number of rotatable bonds is 9. The van der Waals surface area contributed by atoms with Crippen LogP contribution in [0.2, 0.25) is 0 Å². The number of alkyl halides is 3. The van der Waals surface area contributed by atoms with Gasteiger partial charge in [0, 0.05) is 18.4 Å². The van der Waals surface area contributed by atoms with Crippen LogP contribution in [0.1, 0.15) is 46.8 Å². The van der Waals surface area contributed by atoms with Crippen molar-refractivity contribution in [2.75, 3.05) is 0 Å². The van der Waals surface area contributed by atoms with Crippen molar-refractivity contribution in [1.29, 1.82) is 0 Å². The van der Waals surface area contributed by atoms with Gasteiger partial charge in [-0.2, -0.15) is 13.2 Å². The lowest BCUT2D eigenvalue weighted by molar-refractivity contribution is -0.140. The van der Waals surface area contributed by atoms with Gasteiger partial charge < -0.3 is 14.9 Å². The van der Waals surface area contributed by atoms with Gasteiger partial charge >= 0.3 is 18.1 Å². The summed E-state index contributed by atoms with van der Waals surface area (Å²) in [5, 5.41) is 18.7. The summed E-state index contributed by atoms with van der Waals surface area (Å²) in [5.74, 6) is -2.36. The molecule has 0 bridgehead atoms. The predicted octanol–water partition coefficient (Wildman–Crippen LogP) is 5.20. The van der Waals surface area contributed by atoms with Crippen molar-refractivity contribution in [3.8, 4) is 5.75 Å². The molecular weight excluding hydrogens is 477 g/mol. The first-order valence-corrected chi connectivity index (χ1v) is 10.6. The van der Waals surface area contributed by atoms with Crippen LogP contribution in [-0.2, 0) is 24.0 Å². The quantitative estimate of drug-likeness (QED) is 0.496. The van der Waals surface area contributed by atoms with Crippen molar-refractivity contribution in [2.24, 2.45) is 9.98 Å². The fourth-order valence-corrected chi connectivity index (χ4v) is 3.84. The van der Waals surface area contributed by atoms with Crippen molar-refractivity contribution >= 4 is 34.5 Å². The molecule has 1 aliphatic rings. The Bertz CT molecular complexity index is 1160. The molecule has 34 heavy (non-hydrogen) atoms. The second kappa shape index (κ2) is 9.84. The average Bonchev–Trinajstić information content (AvgIpc) is 3.08. The number of nitrogens with zero attached hydrogens (tertiary/aromatic N) is 2. The van der Waals surface area contributed by atoms with Crippen LogP contribution in [-0.4, -0.2) is 38.7 Å². The Morgan fingerprint density at radius 1 is 1.12 bits per heavy atom. The molecule has 3 rings (SSSR count).